The molecule has 1 aromatic heterocycles. The van der Waals surface area contributed by atoms with E-state index in [-0.39, 0.29) is 6.09 Å². The second kappa shape index (κ2) is 7.06. The van der Waals surface area contributed by atoms with E-state index in [0.29, 0.717) is 12.6 Å². The van der Waals surface area contributed by atoms with Crippen LogP contribution in [-0.2, 0) is 11.8 Å². The molecule has 5 heteroatoms. The van der Waals surface area contributed by atoms with Crippen molar-refractivity contribution in [1.82, 2.24) is 14.8 Å². The largest absolute Gasteiger partial charge is 0.453 e. The van der Waals surface area contributed by atoms with Gasteiger partial charge in [-0.2, -0.15) is 0 Å². The average molecular weight is 253 g/mol. The van der Waals surface area contributed by atoms with Crippen LogP contribution in [0.5, 0.6) is 0 Å². The Bertz CT molecular complexity index is 376. The van der Waals surface area contributed by atoms with Crippen molar-refractivity contribution in [3.05, 3.63) is 24.0 Å². The van der Waals surface area contributed by atoms with E-state index in [1.54, 1.807) is 0 Å². The number of hydrogen-bond donors (Lipinski definition) is 1. The second-order valence-electron chi connectivity index (χ2n) is 4.27. The predicted octanol–water partition coefficient (Wildman–Crippen LogP) is 1.76. The summed E-state index contributed by atoms with van der Waals surface area (Å²) < 4.78 is 6.67. The highest BCUT2D eigenvalue weighted by atomic mass is 16.5. The van der Waals surface area contributed by atoms with E-state index in [2.05, 4.69) is 39.4 Å². The van der Waals surface area contributed by atoms with Crippen molar-refractivity contribution in [3.8, 4) is 0 Å². The molecule has 18 heavy (non-hydrogen) atoms. The van der Waals surface area contributed by atoms with Gasteiger partial charge in [0, 0.05) is 38.1 Å². The van der Waals surface area contributed by atoms with Crippen LogP contribution in [0.3, 0.4) is 0 Å². The summed E-state index contributed by atoms with van der Waals surface area (Å²) in [7, 11) is 3.42. The van der Waals surface area contributed by atoms with Crippen LogP contribution in [0.25, 0.3) is 0 Å². The number of rotatable bonds is 6. The number of carbonyl (C=O) groups is 1. The summed E-state index contributed by atoms with van der Waals surface area (Å²) >= 11 is 0. The summed E-state index contributed by atoms with van der Waals surface area (Å²) in [6.45, 7) is 6.64. The van der Waals surface area contributed by atoms with E-state index < -0.39 is 0 Å². The van der Waals surface area contributed by atoms with Crippen molar-refractivity contribution < 1.29 is 9.53 Å². The first kappa shape index (κ1) is 14.6. The molecule has 0 bridgehead atoms. The number of nitrogens with one attached hydrogen (secondary N) is 1. The highest BCUT2D eigenvalue weighted by Crippen LogP contribution is 2.19. The Hall–Kier alpha value is -1.49. The van der Waals surface area contributed by atoms with Crippen molar-refractivity contribution in [1.29, 1.82) is 0 Å². The highest BCUT2D eigenvalue weighted by Gasteiger charge is 2.16. The van der Waals surface area contributed by atoms with Crippen molar-refractivity contribution in [2.75, 3.05) is 26.7 Å². The van der Waals surface area contributed by atoms with Gasteiger partial charge in [0.1, 0.15) is 0 Å². The lowest BCUT2D eigenvalue weighted by Gasteiger charge is -2.28. The third-order valence-electron chi connectivity index (χ3n) is 3.22. The standard InChI is InChI=1S/C13H23N3O2/c1-5-16(10-8-14-13(17)18-4)11(2)12-7-6-9-15(12)3/h6-7,9,11H,5,8,10H2,1-4H3,(H,14,17). The van der Waals surface area contributed by atoms with Gasteiger partial charge in [-0.1, -0.05) is 6.92 Å². The molecular weight excluding hydrogens is 230 g/mol. The molecule has 1 N–H and O–H groups in total. The molecule has 1 atom stereocenters. The number of amides is 1. The normalized spacial score (nSPS) is 12.5. The van der Waals surface area contributed by atoms with E-state index in [1.165, 1.54) is 12.8 Å². The Balaban J connectivity index is 2.50. The van der Waals surface area contributed by atoms with Gasteiger partial charge in [0.05, 0.1) is 7.11 Å². The summed E-state index contributed by atoms with van der Waals surface area (Å²) in [5, 5.41) is 2.70. The zero-order valence-corrected chi connectivity index (χ0v) is 11.6. The molecule has 1 aromatic rings. The Kier molecular flexibility index (Phi) is 5.71. The van der Waals surface area contributed by atoms with Gasteiger partial charge in [0.15, 0.2) is 0 Å². The van der Waals surface area contributed by atoms with Crippen molar-refractivity contribution in [2.24, 2.45) is 7.05 Å². The van der Waals surface area contributed by atoms with Gasteiger partial charge in [0.2, 0.25) is 0 Å². The van der Waals surface area contributed by atoms with Crippen LogP contribution < -0.4 is 5.32 Å². The van der Waals surface area contributed by atoms with Crippen molar-refractivity contribution >= 4 is 6.09 Å². The second-order valence-corrected chi connectivity index (χ2v) is 4.27. The zero-order valence-electron chi connectivity index (χ0n) is 11.6. The SMILES string of the molecule is CCN(CCNC(=O)OC)C(C)c1cccn1C. The van der Waals surface area contributed by atoms with Gasteiger partial charge in [-0.05, 0) is 25.6 Å². The molecule has 0 radical (unpaired) electrons. The smallest absolute Gasteiger partial charge is 0.406 e. The average Bonchev–Trinajstić information content (AvgIpc) is 2.79. The number of aromatic nitrogens is 1. The van der Waals surface area contributed by atoms with Crippen molar-refractivity contribution in [3.63, 3.8) is 0 Å². The molecule has 0 saturated carbocycles. The molecule has 0 aliphatic rings. The number of likely N-dealkylation sites (N-methyl/N-ethyl adjacent to an activating group) is 1. The highest BCUT2D eigenvalue weighted by molar-refractivity contribution is 5.66. The molecule has 0 fully saturated rings. The monoisotopic (exact) mass is 253 g/mol. The summed E-state index contributed by atoms with van der Waals surface area (Å²) in [5.74, 6) is 0. The number of carbonyl (C=O) groups excluding carboxylic acids is 1. The maximum Gasteiger partial charge on any atom is 0.406 e. The lowest BCUT2D eigenvalue weighted by Crippen LogP contribution is -2.36. The van der Waals surface area contributed by atoms with Gasteiger partial charge in [-0.25, -0.2) is 4.79 Å². The molecule has 1 heterocycles. The van der Waals surface area contributed by atoms with Gasteiger partial charge in [0.25, 0.3) is 0 Å². The molecule has 1 unspecified atom stereocenters. The number of methoxy groups -OCH3 is 1. The lowest BCUT2D eigenvalue weighted by molar-refractivity contribution is 0.165. The molecule has 1 amide bonds. The lowest BCUT2D eigenvalue weighted by atomic mass is 10.2. The van der Waals surface area contributed by atoms with E-state index in [9.17, 15) is 4.79 Å². The van der Waals surface area contributed by atoms with Gasteiger partial charge < -0.3 is 14.6 Å². The van der Waals surface area contributed by atoms with Crippen LogP contribution in [0.15, 0.2) is 18.3 Å². The minimum absolute atomic E-state index is 0.328. The van der Waals surface area contributed by atoms with Gasteiger partial charge >= 0.3 is 6.09 Å². The molecule has 0 spiro atoms. The quantitative estimate of drug-likeness (QED) is 0.840. The Morgan fingerprint density at radius 2 is 2.33 bits per heavy atom. The first-order valence-corrected chi connectivity index (χ1v) is 6.27. The van der Waals surface area contributed by atoms with Crippen LogP contribution >= 0.6 is 0 Å². The third kappa shape index (κ3) is 3.77. The Labute approximate surface area is 109 Å². The number of ether oxygens (including phenoxy) is 1. The molecule has 0 aliphatic heterocycles. The maximum absolute atomic E-state index is 11.0. The van der Waals surface area contributed by atoms with Crippen molar-refractivity contribution in [2.45, 2.75) is 19.9 Å². The van der Waals surface area contributed by atoms with E-state index in [4.69, 9.17) is 0 Å². The van der Waals surface area contributed by atoms with E-state index >= 15 is 0 Å². The van der Waals surface area contributed by atoms with E-state index in [0.717, 1.165) is 13.1 Å². The molecule has 1 rings (SSSR count). The van der Waals surface area contributed by atoms with Crippen LogP contribution in [0, 0.1) is 0 Å². The fourth-order valence-electron chi connectivity index (χ4n) is 2.09. The zero-order chi connectivity index (χ0) is 13.5. The fourth-order valence-corrected chi connectivity index (χ4v) is 2.09. The topological polar surface area (TPSA) is 46.5 Å². The first-order chi connectivity index (χ1) is 8.60. The van der Waals surface area contributed by atoms with Crippen LogP contribution in [0.4, 0.5) is 4.79 Å². The molecule has 102 valence electrons. The minimum Gasteiger partial charge on any atom is -0.453 e. The molecule has 5 nitrogen and oxygen atoms in total. The summed E-state index contributed by atoms with van der Waals surface area (Å²) in [5.41, 5.74) is 1.27. The Morgan fingerprint density at radius 1 is 1.61 bits per heavy atom. The number of hydrogen-bond acceptors (Lipinski definition) is 3. The minimum atomic E-state index is -0.377. The first-order valence-electron chi connectivity index (χ1n) is 6.27. The fraction of sp³-hybridized carbons (Fsp3) is 0.615. The molecule has 0 saturated heterocycles. The van der Waals surface area contributed by atoms with Crippen LogP contribution in [0.1, 0.15) is 25.6 Å². The van der Waals surface area contributed by atoms with Gasteiger partial charge in [-0.15, -0.1) is 0 Å². The summed E-state index contributed by atoms with van der Waals surface area (Å²) in [4.78, 5) is 13.3. The third-order valence-corrected chi connectivity index (χ3v) is 3.22. The maximum atomic E-state index is 11.0. The molecule has 0 aliphatic carbocycles. The molecule has 0 aromatic carbocycles. The van der Waals surface area contributed by atoms with Gasteiger partial charge in [-0.3, -0.25) is 4.90 Å². The van der Waals surface area contributed by atoms with Crippen LogP contribution in [0.2, 0.25) is 0 Å². The molecular formula is C13H23N3O2. The number of alkyl carbamates (subject to hydrolysis) is 1. The predicted molar refractivity (Wildman–Crippen MR) is 71.5 cm³/mol. The summed E-state index contributed by atoms with van der Waals surface area (Å²) in [6.07, 6.45) is 1.67. The van der Waals surface area contributed by atoms with Crippen LogP contribution in [-0.4, -0.2) is 42.3 Å². The van der Waals surface area contributed by atoms with E-state index in [1.807, 2.05) is 19.3 Å². The summed E-state index contributed by atoms with van der Waals surface area (Å²) in [6, 6.07) is 4.50. The number of nitrogens with zero attached hydrogens (tertiary/aromatic N) is 2. The Morgan fingerprint density at radius 3 is 2.83 bits per heavy atom. The number of aryl methyl sites for hydroxylation is 1.